The largest absolute Gasteiger partial charge is 0.355 e. The van der Waals surface area contributed by atoms with Crippen LogP contribution in [0.1, 0.15) is 27.8 Å². The zero-order valence-corrected chi connectivity index (χ0v) is 20.7. The third kappa shape index (κ3) is 6.67. The molecular weight excluding hydrogens is 456 g/mol. The van der Waals surface area contributed by atoms with Gasteiger partial charge in [0.2, 0.25) is 15.9 Å². The van der Waals surface area contributed by atoms with E-state index in [2.05, 4.69) is 5.32 Å². The van der Waals surface area contributed by atoms with Gasteiger partial charge in [0.15, 0.2) is 0 Å². The van der Waals surface area contributed by atoms with E-state index in [0.717, 1.165) is 16.7 Å². The molecule has 0 aromatic heterocycles. The Morgan fingerprint density at radius 3 is 2.12 bits per heavy atom. The first-order chi connectivity index (χ1) is 15.7. The van der Waals surface area contributed by atoms with Gasteiger partial charge in [-0.1, -0.05) is 71.8 Å². The van der Waals surface area contributed by atoms with Crippen molar-refractivity contribution < 1.29 is 13.2 Å². The Hall–Kier alpha value is -2.67. The van der Waals surface area contributed by atoms with Crippen molar-refractivity contribution in [3.8, 4) is 0 Å². The van der Waals surface area contributed by atoms with Gasteiger partial charge in [0.1, 0.15) is 0 Å². The van der Waals surface area contributed by atoms with Gasteiger partial charge < -0.3 is 5.32 Å². The monoisotopic (exact) mass is 484 g/mol. The van der Waals surface area contributed by atoms with Crippen LogP contribution in [0, 0.1) is 20.8 Å². The van der Waals surface area contributed by atoms with Crippen molar-refractivity contribution >= 4 is 27.5 Å². The topological polar surface area (TPSA) is 66.5 Å². The van der Waals surface area contributed by atoms with Crippen LogP contribution in [0.4, 0.5) is 0 Å². The molecule has 1 N–H and O–H groups in total. The van der Waals surface area contributed by atoms with Gasteiger partial charge in [-0.25, -0.2) is 8.42 Å². The maximum absolute atomic E-state index is 13.7. The predicted octanol–water partition coefficient (Wildman–Crippen LogP) is 4.82. The van der Waals surface area contributed by atoms with E-state index in [1.165, 1.54) is 4.31 Å². The van der Waals surface area contributed by atoms with Crippen LogP contribution in [0.2, 0.25) is 5.02 Å². The van der Waals surface area contributed by atoms with Crippen LogP contribution in [0.5, 0.6) is 0 Å². The average Bonchev–Trinajstić information content (AvgIpc) is 2.74. The number of sulfonamides is 1. The van der Waals surface area contributed by atoms with Crippen molar-refractivity contribution in [1.29, 1.82) is 0 Å². The Balaban J connectivity index is 1.83. The molecule has 33 heavy (non-hydrogen) atoms. The second kappa shape index (κ2) is 11.0. The van der Waals surface area contributed by atoms with E-state index in [9.17, 15) is 13.2 Å². The fraction of sp³-hybridized carbons (Fsp3) is 0.269. The summed E-state index contributed by atoms with van der Waals surface area (Å²) in [6.45, 7) is 5.73. The van der Waals surface area contributed by atoms with Gasteiger partial charge in [0, 0.05) is 18.1 Å². The first-order valence-corrected chi connectivity index (χ1v) is 12.6. The number of nitrogens with zero attached hydrogens (tertiary/aromatic N) is 1. The molecule has 3 aromatic rings. The number of carbonyl (C=O) groups is 1. The van der Waals surface area contributed by atoms with Gasteiger partial charge in [-0.3, -0.25) is 4.79 Å². The van der Waals surface area contributed by atoms with E-state index in [-0.39, 0.29) is 23.9 Å². The minimum atomic E-state index is -3.92. The molecule has 0 atom stereocenters. The van der Waals surface area contributed by atoms with Crippen LogP contribution in [0.15, 0.2) is 71.6 Å². The fourth-order valence-corrected chi connectivity index (χ4v) is 5.85. The second-order valence-electron chi connectivity index (χ2n) is 8.21. The van der Waals surface area contributed by atoms with Crippen molar-refractivity contribution in [2.75, 3.05) is 13.1 Å². The highest BCUT2D eigenvalue weighted by molar-refractivity contribution is 7.89. The van der Waals surface area contributed by atoms with E-state index < -0.39 is 10.0 Å². The molecule has 174 valence electrons. The SMILES string of the molecule is Cc1cc(C)c(S(=O)(=O)N(CC(=O)NCCc2ccccc2)Cc2ccc(Cl)cc2)c(C)c1. The van der Waals surface area contributed by atoms with E-state index in [4.69, 9.17) is 11.6 Å². The molecule has 0 aliphatic heterocycles. The van der Waals surface area contributed by atoms with Gasteiger partial charge in [0.05, 0.1) is 11.4 Å². The first kappa shape index (κ1) is 25.0. The molecule has 0 spiro atoms. The summed E-state index contributed by atoms with van der Waals surface area (Å²) in [6.07, 6.45) is 0.673. The molecule has 3 rings (SSSR count). The van der Waals surface area contributed by atoms with Gasteiger partial charge in [0.25, 0.3) is 0 Å². The lowest BCUT2D eigenvalue weighted by molar-refractivity contribution is -0.121. The number of aryl methyl sites for hydroxylation is 3. The smallest absolute Gasteiger partial charge is 0.244 e. The van der Waals surface area contributed by atoms with Gasteiger partial charge >= 0.3 is 0 Å². The fourth-order valence-electron chi connectivity index (χ4n) is 3.93. The molecule has 0 radical (unpaired) electrons. The number of rotatable bonds is 9. The van der Waals surface area contributed by atoms with Crippen molar-refractivity contribution in [2.24, 2.45) is 0 Å². The van der Waals surface area contributed by atoms with E-state index >= 15 is 0 Å². The summed E-state index contributed by atoms with van der Waals surface area (Å²) in [5, 5.41) is 3.42. The van der Waals surface area contributed by atoms with Gasteiger partial charge in [-0.05, 0) is 61.6 Å². The van der Waals surface area contributed by atoms with Crippen LogP contribution >= 0.6 is 11.6 Å². The lowest BCUT2D eigenvalue weighted by Crippen LogP contribution is -2.41. The summed E-state index contributed by atoms with van der Waals surface area (Å²) >= 11 is 5.99. The van der Waals surface area contributed by atoms with E-state index in [0.29, 0.717) is 29.1 Å². The number of hydrogen-bond acceptors (Lipinski definition) is 3. The minimum absolute atomic E-state index is 0.0678. The molecule has 0 aliphatic rings. The minimum Gasteiger partial charge on any atom is -0.355 e. The summed E-state index contributed by atoms with van der Waals surface area (Å²) in [5.74, 6) is -0.342. The Morgan fingerprint density at radius 2 is 1.52 bits per heavy atom. The number of carbonyl (C=O) groups excluding carboxylic acids is 1. The highest BCUT2D eigenvalue weighted by Gasteiger charge is 2.29. The molecule has 0 saturated heterocycles. The molecule has 1 amide bonds. The molecule has 0 saturated carbocycles. The standard InChI is InChI=1S/C26H29ClN2O3S/c1-19-15-20(2)26(21(3)16-19)33(31,32)29(17-23-9-11-24(27)12-10-23)18-25(30)28-14-13-22-7-5-4-6-8-22/h4-12,15-16H,13-14,17-18H2,1-3H3,(H,28,30). The van der Waals surface area contributed by atoms with E-state index in [1.54, 1.807) is 38.1 Å². The average molecular weight is 485 g/mol. The third-order valence-electron chi connectivity index (χ3n) is 5.37. The van der Waals surface area contributed by atoms with E-state index in [1.807, 2.05) is 49.4 Å². The number of amides is 1. The van der Waals surface area contributed by atoms with Crippen molar-refractivity contribution in [2.45, 2.75) is 38.6 Å². The summed E-state index contributed by atoms with van der Waals surface area (Å²) < 4.78 is 28.6. The van der Waals surface area contributed by atoms with Crippen molar-refractivity contribution in [3.63, 3.8) is 0 Å². The molecule has 3 aromatic carbocycles. The number of nitrogens with one attached hydrogen (secondary N) is 1. The van der Waals surface area contributed by atoms with Crippen molar-refractivity contribution in [3.05, 3.63) is 99.6 Å². The Bertz CT molecular complexity index is 1190. The molecule has 0 aliphatic carbocycles. The highest BCUT2D eigenvalue weighted by Crippen LogP contribution is 2.26. The maximum atomic E-state index is 13.7. The summed E-state index contributed by atoms with van der Waals surface area (Å²) in [7, 11) is -3.92. The van der Waals surface area contributed by atoms with Crippen LogP contribution in [0.3, 0.4) is 0 Å². The van der Waals surface area contributed by atoms with Crippen LogP contribution in [0.25, 0.3) is 0 Å². The molecule has 0 bridgehead atoms. The predicted molar refractivity (Wildman–Crippen MR) is 133 cm³/mol. The molecule has 7 heteroatoms. The lowest BCUT2D eigenvalue weighted by Gasteiger charge is -2.24. The van der Waals surface area contributed by atoms with Crippen LogP contribution < -0.4 is 5.32 Å². The molecule has 0 unspecified atom stereocenters. The van der Waals surface area contributed by atoms with Crippen LogP contribution in [-0.2, 0) is 27.8 Å². The summed E-state index contributed by atoms with van der Waals surface area (Å²) in [4.78, 5) is 13.0. The highest BCUT2D eigenvalue weighted by atomic mass is 35.5. The molecule has 5 nitrogen and oxygen atoms in total. The molecular formula is C26H29ClN2O3S. The van der Waals surface area contributed by atoms with Gasteiger partial charge in [-0.15, -0.1) is 0 Å². The maximum Gasteiger partial charge on any atom is 0.244 e. The number of benzene rings is 3. The zero-order valence-electron chi connectivity index (χ0n) is 19.1. The summed E-state index contributed by atoms with van der Waals surface area (Å²) in [5.41, 5.74) is 4.18. The Morgan fingerprint density at radius 1 is 0.909 bits per heavy atom. The Labute approximate surface area is 201 Å². The quantitative estimate of drug-likeness (QED) is 0.473. The van der Waals surface area contributed by atoms with Gasteiger partial charge in [-0.2, -0.15) is 4.31 Å². The van der Waals surface area contributed by atoms with Crippen LogP contribution in [-0.4, -0.2) is 31.7 Å². The number of hydrogen-bond donors (Lipinski definition) is 1. The second-order valence-corrected chi connectivity index (χ2v) is 10.5. The normalized spacial score (nSPS) is 11.5. The molecule has 0 heterocycles. The lowest BCUT2D eigenvalue weighted by atomic mass is 10.1. The first-order valence-electron chi connectivity index (χ1n) is 10.8. The molecule has 0 fully saturated rings. The Kier molecular flexibility index (Phi) is 8.30. The third-order valence-corrected chi connectivity index (χ3v) is 7.72. The summed E-state index contributed by atoms with van der Waals surface area (Å²) in [6, 6.07) is 20.5. The van der Waals surface area contributed by atoms with Crippen molar-refractivity contribution in [1.82, 2.24) is 9.62 Å². The number of halogens is 1. The zero-order chi connectivity index (χ0) is 24.0.